The van der Waals surface area contributed by atoms with Gasteiger partial charge in [0.2, 0.25) is 0 Å². The van der Waals surface area contributed by atoms with Crippen LogP contribution in [0.1, 0.15) is 22.3 Å². The van der Waals surface area contributed by atoms with Crippen molar-refractivity contribution in [2.75, 3.05) is 13.7 Å². The first-order valence-electron chi connectivity index (χ1n) is 6.08. The van der Waals surface area contributed by atoms with Crippen LogP contribution >= 0.6 is 11.3 Å². The normalized spacial score (nSPS) is 10.3. The van der Waals surface area contributed by atoms with Crippen LogP contribution in [0.2, 0.25) is 0 Å². The average Bonchev–Trinajstić information content (AvgIpc) is 2.82. The Bertz CT molecular complexity index is 636. The van der Waals surface area contributed by atoms with Gasteiger partial charge in [0, 0.05) is 5.56 Å². The number of phenols is 1. The van der Waals surface area contributed by atoms with Gasteiger partial charge in [0.1, 0.15) is 9.88 Å². The molecule has 0 amide bonds. The summed E-state index contributed by atoms with van der Waals surface area (Å²) < 4.78 is 10.1. The Morgan fingerprint density at radius 1 is 1.45 bits per heavy atom. The van der Waals surface area contributed by atoms with Crippen molar-refractivity contribution in [2.24, 2.45) is 0 Å². The van der Waals surface area contributed by atoms with Gasteiger partial charge in [-0.05, 0) is 32.0 Å². The van der Waals surface area contributed by atoms with E-state index >= 15 is 0 Å². The van der Waals surface area contributed by atoms with E-state index in [1.54, 1.807) is 26.0 Å². The highest BCUT2D eigenvalue weighted by Gasteiger charge is 2.17. The Morgan fingerprint density at radius 3 is 2.85 bits per heavy atom. The summed E-state index contributed by atoms with van der Waals surface area (Å²) in [6.45, 7) is 3.86. The van der Waals surface area contributed by atoms with E-state index < -0.39 is 0 Å². The zero-order valence-electron chi connectivity index (χ0n) is 11.5. The molecule has 0 bridgehead atoms. The zero-order valence-corrected chi connectivity index (χ0v) is 12.3. The lowest BCUT2D eigenvalue weighted by molar-refractivity contribution is 0.0531. The summed E-state index contributed by atoms with van der Waals surface area (Å²) in [4.78, 5) is 16.6. The topological polar surface area (TPSA) is 68.7 Å². The lowest BCUT2D eigenvalue weighted by Gasteiger charge is -2.04. The van der Waals surface area contributed by atoms with Gasteiger partial charge in [-0.3, -0.25) is 0 Å². The van der Waals surface area contributed by atoms with Crippen LogP contribution in [0.25, 0.3) is 10.6 Å². The third-order valence-electron chi connectivity index (χ3n) is 2.68. The van der Waals surface area contributed by atoms with Gasteiger partial charge in [-0.25, -0.2) is 9.78 Å². The molecule has 0 atom stereocenters. The molecule has 2 aromatic rings. The number of esters is 1. The SMILES string of the molecule is CCOC(=O)c1sc(-c2ccc(O)c(OC)c2)nc1C. The second-order valence-corrected chi connectivity index (χ2v) is 5.04. The Hall–Kier alpha value is -2.08. The van der Waals surface area contributed by atoms with Crippen LogP contribution in [-0.2, 0) is 4.74 Å². The summed E-state index contributed by atoms with van der Waals surface area (Å²) in [5, 5.41) is 10.3. The van der Waals surface area contributed by atoms with Crippen LogP contribution in [0.3, 0.4) is 0 Å². The number of carbonyl (C=O) groups is 1. The van der Waals surface area contributed by atoms with E-state index in [2.05, 4.69) is 4.98 Å². The van der Waals surface area contributed by atoms with Gasteiger partial charge < -0.3 is 14.6 Å². The summed E-state index contributed by atoms with van der Waals surface area (Å²) >= 11 is 1.26. The van der Waals surface area contributed by atoms with Gasteiger partial charge >= 0.3 is 5.97 Å². The lowest BCUT2D eigenvalue weighted by Crippen LogP contribution is -2.03. The number of phenolic OH excluding ortho intramolecular Hbond substituents is 1. The first-order chi connectivity index (χ1) is 9.56. The summed E-state index contributed by atoms with van der Waals surface area (Å²) in [6.07, 6.45) is 0. The number of carbonyl (C=O) groups excluding carboxylic acids is 1. The highest BCUT2D eigenvalue weighted by atomic mass is 32.1. The highest BCUT2D eigenvalue weighted by Crippen LogP contribution is 2.34. The number of rotatable bonds is 4. The minimum atomic E-state index is -0.362. The Morgan fingerprint density at radius 2 is 2.20 bits per heavy atom. The molecule has 0 fully saturated rings. The van der Waals surface area contributed by atoms with Gasteiger partial charge in [0.15, 0.2) is 11.5 Å². The van der Waals surface area contributed by atoms with Crippen LogP contribution < -0.4 is 4.74 Å². The van der Waals surface area contributed by atoms with Crippen molar-refractivity contribution in [1.29, 1.82) is 0 Å². The zero-order chi connectivity index (χ0) is 14.7. The molecule has 0 saturated carbocycles. The quantitative estimate of drug-likeness (QED) is 0.878. The molecule has 20 heavy (non-hydrogen) atoms. The number of benzene rings is 1. The van der Waals surface area contributed by atoms with Crippen molar-refractivity contribution in [2.45, 2.75) is 13.8 Å². The van der Waals surface area contributed by atoms with E-state index in [9.17, 15) is 9.90 Å². The first kappa shape index (κ1) is 14.3. The van der Waals surface area contributed by atoms with E-state index in [0.29, 0.717) is 27.9 Å². The third kappa shape index (κ3) is 2.75. The molecule has 1 aromatic heterocycles. The van der Waals surface area contributed by atoms with Crippen LogP contribution in [0.5, 0.6) is 11.5 Å². The Kier molecular flexibility index (Phi) is 4.24. The summed E-state index contributed by atoms with van der Waals surface area (Å²) in [7, 11) is 1.48. The van der Waals surface area contributed by atoms with Crippen LogP contribution in [0.15, 0.2) is 18.2 Å². The van der Waals surface area contributed by atoms with Crippen LogP contribution in [0.4, 0.5) is 0 Å². The van der Waals surface area contributed by atoms with Crippen LogP contribution in [0, 0.1) is 6.92 Å². The lowest BCUT2D eigenvalue weighted by atomic mass is 10.2. The molecule has 0 radical (unpaired) electrons. The van der Waals surface area contributed by atoms with E-state index in [0.717, 1.165) is 5.56 Å². The number of ether oxygens (including phenoxy) is 2. The Labute approximate surface area is 120 Å². The van der Waals surface area contributed by atoms with E-state index in [-0.39, 0.29) is 11.7 Å². The molecule has 0 spiro atoms. The second kappa shape index (κ2) is 5.92. The monoisotopic (exact) mass is 293 g/mol. The minimum absolute atomic E-state index is 0.0649. The smallest absolute Gasteiger partial charge is 0.350 e. The molecule has 1 heterocycles. The maximum Gasteiger partial charge on any atom is 0.350 e. The molecule has 2 rings (SSSR count). The van der Waals surface area contributed by atoms with Crippen molar-refractivity contribution in [3.63, 3.8) is 0 Å². The van der Waals surface area contributed by atoms with Crippen LogP contribution in [-0.4, -0.2) is 29.8 Å². The molecule has 0 aliphatic heterocycles. The van der Waals surface area contributed by atoms with Crippen molar-refractivity contribution in [3.8, 4) is 22.1 Å². The molecule has 106 valence electrons. The minimum Gasteiger partial charge on any atom is -0.504 e. The van der Waals surface area contributed by atoms with Crippen molar-refractivity contribution >= 4 is 17.3 Å². The predicted octanol–water partition coefficient (Wildman–Crippen LogP) is 3.01. The standard InChI is InChI=1S/C14H15NO4S/c1-4-19-14(17)12-8(2)15-13(20-12)9-5-6-10(16)11(7-9)18-3/h5-7,16H,4H2,1-3H3. The summed E-state index contributed by atoms with van der Waals surface area (Å²) in [6, 6.07) is 4.95. The molecule has 5 nitrogen and oxygen atoms in total. The number of hydrogen-bond donors (Lipinski definition) is 1. The first-order valence-corrected chi connectivity index (χ1v) is 6.90. The maximum absolute atomic E-state index is 11.8. The fourth-order valence-electron chi connectivity index (χ4n) is 1.72. The molecule has 0 unspecified atom stereocenters. The summed E-state index contributed by atoms with van der Waals surface area (Å²) in [5.41, 5.74) is 1.42. The fourth-order valence-corrected chi connectivity index (χ4v) is 2.67. The maximum atomic E-state index is 11.8. The number of nitrogens with zero attached hydrogens (tertiary/aromatic N) is 1. The number of thiazole rings is 1. The number of aromatic nitrogens is 1. The van der Waals surface area contributed by atoms with Gasteiger partial charge in [0.25, 0.3) is 0 Å². The van der Waals surface area contributed by atoms with E-state index in [1.165, 1.54) is 24.5 Å². The van der Waals surface area contributed by atoms with Gasteiger partial charge in [-0.2, -0.15) is 0 Å². The molecule has 6 heteroatoms. The number of methoxy groups -OCH3 is 1. The number of aryl methyl sites for hydroxylation is 1. The van der Waals surface area contributed by atoms with Crippen molar-refractivity contribution < 1.29 is 19.4 Å². The number of aromatic hydroxyl groups is 1. The fraction of sp³-hybridized carbons (Fsp3) is 0.286. The van der Waals surface area contributed by atoms with Gasteiger partial charge in [0.05, 0.1) is 19.4 Å². The third-order valence-corrected chi connectivity index (χ3v) is 3.87. The molecule has 1 N–H and O–H groups in total. The van der Waals surface area contributed by atoms with Gasteiger partial charge in [-0.1, -0.05) is 0 Å². The molecule has 0 saturated heterocycles. The van der Waals surface area contributed by atoms with Crippen molar-refractivity contribution in [3.05, 3.63) is 28.8 Å². The average molecular weight is 293 g/mol. The largest absolute Gasteiger partial charge is 0.504 e. The molecule has 0 aliphatic rings. The molecule has 0 aliphatic carbocycles. The molecular formula is C14H15NO4S. The summed E-state index contributed by atoms with van der Waals surface area (Å²) in [5.74, 6) is 0.0719. The highest BCUT2D eigenvalue weighted by molar-refractivity contribution is 7.17. The Balaban J connectivity index is 2.39. The molecular weight excluding hydrogens is 278 g/mol. The van der Waals surface area contributed by atoms with E-state index in [4.69, 9.17) is 9.47 Å². The van der Waals surface area contributed by atoms with Crippen molar-refractivity contribution in [1.82, 2.24) is 4.98 Å². The second-order valence-electron chi connectivity index (χ2n) is 4.04. The van der Waals surface area contributed by atoms with E-state index in [1.807, 2.05) is 0 Å². The number of hydrogen-bond acceptors (Lipinski definition) is 6. The van der Waals surface area contributed by atoms with Gasteiger partial charge in [-0.15, -0.1) is 11.3 Å². The molecule has 1 aromatic carbocycles. The predicted molar refractivity (Wildman–Crippen MR) is 76.5 cm³/mol.